The average Bonchev–Trinajstić information content (AvgIpc) is 2.44. The zero-order chi connectivity index (χ0) is 13.9. The summed E-state index contributed by atoms with van der Waals surface area (Å²) in [5.41, 5.74) is 0.947. The Hall–Kier alpha value is -2.28. The molecule has 0 saturated heterocycles. The molecule has 100 valence electrons. The topological polar surface area (TPSA) is 55.4 Å². The number of rotatable bonds is 7. The van der Waals surface area contributed by atoms with Crippen LogP contribution >= 0.6 is 0 Å². The quantitative estimate of drug-likeness (QED) is 0.598. The number of hydrogen-bond acceptors (Lipinski definition) is 3. The number of carbonyl (C=O) groups excluding carboxylic acids is 2. The Morgan fingerprint density at radius 3 is 2.63 bits per heavy atom. The van der Waals surface area contributed by atoms with Crippen LogP contribution in [-0.2, 0) is 20.9 Å². The lowest BCUT2D eigenvalue weighted by atomic mass is 10.2. The Morgan fingerprint density at radius 1 is 1.21 bits per heavy atom. The minimum Gasteiger partial charge on any atom is -0.461 e. The average molecular weight is 259 g/mol. The van der Waals surface area contributed by atoms with Gasteiger partial charge in [-0.25, -0.2) is 0 Å². The predicted octanol–water partition coefficient (Wildman–Crippen LogP) is 1.65. The van der Waals surface area contributed by atoms with E-state index in [0.29, 0.717) is 6.42 Å². The van der Waals surface area contributed by atoms with Crippen LogP contribution in [0.25, 0.3) is 0 Å². The summed E-state index contributed by atoms with van der Waals surface area (Å²) in [4.78, 5) is 22.6. The second-order valence-electron chi connectivity index (χ2n) is 3.98. The lowest BCUT2D eigenvalue weighted by Crippen LogP contribution is -2.23. The van der Waals surface area contributed by atoms with Crippen molar-refractivity contribution in [3.05, 3.63) is 35.9 Å². The van der Waals surface area contributed by atoms with Gasteiger partial charge in [-0.15, -0.1) is 6.42 Å². The van der Waals surface area contributed by atoms with Crippen LogP contribution in [0.2, 0.25) is 0 Å². The lowest BCUT2D eigenvalue weighted by molar-refractivity contribution is -0.145. The largest absolute Gasteiger partial charge is 0.461 e. The van der Waals surface area contributed by atoms with E-state index in [1.807, 2.05) is 30.3 Å². The summed E-state index contributed by atoms with van der Waals surface area (Å²) in [5.74, 6) is 1.87. The van der Waals surface area contributed by atoms with Crippen LogP contribution in [0.15, 0.2) is 30.3 Å². The fourth-order valence-corrected chi connectivity index (χ4v) is 1.44. The van der Waals surface area contributed by atoms with Crippen molar-refractivity contribution in [2.75, 3.05) is 6.54 Å². The van der Waals surface area contributed by atoms with Gasteiger partial charge in [-0.1, -0.05) is 36.3 Å². The molecule has 4 heteroatoms. The van der Waals surface area contributed by atoms with Crippen molar-refractivity contribution in [1.29, 1.82) is 0 Å². The van der Waals surface area contributed by atoms with Crippen molar-refractivity contribution in [2.24, 2.45) is 0 Å². The minimum absolute atomic E-state index is 0.145. The highest BCUT2D eigenvalue weighted by molar-refractivity contribution is 5.77. The Kier molecular flexibility index (Phi) is 6.81. The van der Waals surface area contributed by atoms with Gasteiger partial charge in [0.2, 0.25) is 5.91 Å². The zero-order valence-electron chi connectivity index (χ0n) is 10.7. The number of amides is 1. The summed E-state index contributed by atoms with van der Waals surface area (Å²) in [6.45, 7) is 0.486. The van der Waals surface area contributed by atoms with Crippen molar-refractivity contribution >= 4 is 11.9 Å². The molecule has 0 bridgehead atoms. The fraction of sp³-hybridized carbons (Fsp3) is 0.333. The standard InChI is InChI=1S/C15H17NO3/c1-2-11-16-14(17)9-6-10-15(18)19-12-13-7-4-3-5-8-13/h1,3-5,7-8H,6,9-12H2,(H,16,17). The van der Waals surface area contributed by atoms with Crippen LogP contribution in [0.3, 0.4) is 0 Å². The Labute approximate surface area is 113 Å². The summed E-state index contributed by atoms with van der Waals surface area (Å²) in [7, 11) is 0. The van der Waals surface area contributed by atoms with Crippen LogP contribution in [0.5, 0.6) is 0 Å². The van der Waals surface area contributed by atoms with E-state index in [9.17, 15) is 9.59 Å². The van der Waals surface area contributed by atoms with Crippen molar-refractivity contribution in [3.8, 4) is 12.3 Å². The van der Waals surface area contributed by atoms with Crippen molar-refractivity contribution in [3.63, 3.8) is 0 Å². The van der Waals surface area contributed by atoms with E-state index in [-0.39, 0.29) is 37.9 Å². The highest BCUT2D eigenvalue weighted by Crippen LogP contribution is 2.03. The second kappa shape index (κ2) is 8.76. The third-order valence-electron chi connectivity index (χ3n) is 2.42. The molecule has 0 aliphatic rings. The monoisotopic (exact) mass is 259 g/mol. The van der Waals surface area contributed by atoms with Gasteiger partial charge < -0.3 is 10.1 Å². The molecule has 1 amide bonds. The van der Waals surface area contributed by atoms with Crippen molar-refractivity contribution < 1.29 is 14.3 Å². The van der Waals surface area contributed by atoms with Crippen LogP contribution < -0.4 is 5.32 Å². The summed E-state index contributed by atoms with van der Waals surface area (Å²) in [6.07, 6.45) is 5.98. The second-order valence-corrected chi connectivity index (χ2v) is 3.98. The number of ether oxygens (including phenoxy) is 1. The van der Waals surface area contributed by atoms with E-state index >= 15 is 0 Å². The van der Waals surface area contributed by atoms with Crippen LogP contribution in [0.4, 0.5) is 0 Å². The first-order chi connectivity index (χ1) is 9.22. The van der Waals surface area contributed by atoms with Gasteiger partial charge in [0.05, 0.1) is 6.54 Å². The van der Waals surface area contributed by atoms with Crippen molar-refractivity contribution in [1.82, 2.24) is 5.32 Å². The lowest BCUT2D eigenvalue weighted by Gasteiger charge is -2.05. The van der Waals surface area contributed by atoms with Gasteiger partial charge in [0, 0.05) is 12.8 Å². The molecule has 0 radical (unpaired) electrons. The highest BCUT2D eigenvalue weighted by atomic mass is 16.5. The Balaban J connectivity index is 2.12. The van der Waals surface area contributed by atoms with Crippen LogP contribution in [-0.4, -0.2) is 18.4 Å². The molecule has 0 unspecified atom stereocenters. The van der Waals surface area contributed by atoms with E-state index in [4.69, 9.17) is 11.2 Å². The fourth-order valence-electron chi connectivity index (χ4n) is 1.44. The molecule has 1 N–H and O–H groups in total. The van der Waals surface area contributed by atoms with E-state index < -0.39 is 0 Å². The molecule has 0 atom stereocenters. The molecule has 0 fully saturated rings. The predicted molar refractivity (Wildman–Crippen MR) is 71.9 cm³/mol. The maximum Gasteiger partial charge on any atom is 0.306 e. The molecular weight excluding hydrogens is 242 g/mol. The first-order valence-electron chi connectivity index (χ1n) is 6.12. The SMILES string of the molecule is C#CCNC(=O)CCCC(=O)OCc1ccccc1. The van der Waals surface area contributed by atoms with E-state index in [2.05, 4.69) is 11.2 Å². The molecule has 0 aliphatic carbocycles. The summed E-state index contributed by atoms with van der Waals surface area (Å²) in [6, 6.07) is 9.46. The smallest absolute Gasteiger partial charge is 0.306 e. The van der Waals surface area contributed by atoms with E-state index in [1.165, 1.54) is 0 Å². The van der Waals surface area contributed by atoms with Crippen LogP contribution in [0, 0.1) is 12.3 Å². The number of terminal acetylenes is 1. The third kappa shape index (κ3) is 6.89. The number of carbonyl (C=O) groups is 2. The third-order valence-corrected chi connectivity index (χ3v) is 2.42. The number of esters is 1. The van der Waals surface area contributed by atoms with Gasteiger partial charge in [0.1, 0.15) is 6.61 Å². The molecule has 0 spiro atoms. The van der Waals surface area contributed by atoms with Gasteiger partial charge >= 0.3 is 5.97 Å². The Morgan fingerprint density at radius 2 is 1.95 bits per heavy atom. The molecule has 0 aliphatic heterocycles. The van der Waals surface area contributed by atoms with Gasteiger partial charge in [0.25, 0.3) is 0 Å². The van der Waals surface area contributed by atoms with Gasteiger partial charge in [0.15, 0.2) is 0 Å². The van der Waals surface area contributed by atoms with Crippen molar-refractivity contribution in [2.45, 2.75) is 25.9 Å². The molecule has 0 saturated carbocycles. The van der Waals surface area contributed by atoms with Gasteiger partial charge in [-0.05, 0) is 12.0 Å². The normalized spacial score (nSPS) is 9.42. The molecule has 0 heterocycles. The molecular formula is C15H17NO3. The Bertz CT molecular complexity index is 448. The summed E-state index contributed by atoms with van der Waals surface area (Å²) < 4.78 is 5.09. The molecule has 1 aromatic carbocycles. The molecule has 1 aromatic rings. The van der Waals surface area contributed by atoms with Gasteiger partial charge in [-0.2, -0.15) is 0 Å². The number of benzene rings is 1. The number of nitrogens with one attached hydrogen (secondary N) is 1. The zero-order valence-corrected chi connectivity index (χ0v) is 10.7. The van der Waals surface area contributed by atoms with E-state index in [1.54, 1.807) is 0 Å². The molecule has 0 aromatic heterocycles. The summed E-state index contributed by atoms with van der Waals surface area (Å²) in [5, 5.41) is 2.54. The van der Waals surface area contributed by atoms with Crippen LogP contribution in [0.1, 0.15) is 24.8 Å². The number of hydrogen-bond donors (Lipinski definition) is 1. The maximum atomic E-state index is 11.4. The first-order valence-corrected chi connectivity index (χ1v) is 6.12. The maximum absolute atomic E-state index is 11.4. The first kappa shape index (κ1) is 14.8. The molecule has 4 nitrogen and oxygen atoms in total. The molecule has 19 heavy (non-hydrogen) atoms. The highest BCUT2D eigenvalue weighted by Gasteiger charge is 2.06. The van der Waals surface area contributed by atoms with Gasteiger partial charge in [-0.3, -0.25) is 9.59 Å². The minimum atomic E-state index is -0.298. The molecule has 1 rings (SSSR count). The summed E-state index contributed by atoms with van der Waals surface area (Å²) >= 11 is 0. The van der Waals surface area contributed by atoms with E-state index in [0.717, 1.165) is 5.56 Å².